The molecule has 0 aliphatic rings. The quantitative estimate of drug-likeness (QED) is 0.485. The molecule has 4 rings (SSSR count). The maximum absolute atomic E-state index is 12.9. The molecular formula is C24H28N6O2. The normalized spacial score (nSPS) is 12.5. The molecule has 0 bridgehead atoms. The van der Waals surface area contributed by atoms with Gasteiger partial charge in [0.1, 0.15) is 11.9 Å². The van der Waals surface area contributed by atoms with Gasteiger partial charge in [-0.1, -0.05) is 12.1 Å². The van der Waals surface area contributed by atoms with E-state index in [4.69, 9.17) is 0 Å². The van der Waals surface area contributed by atoms with Gasteiger partial charge in [-0.05, 0) is 71.2 Å². The van der Waals surface area contributed by atoms with Crippen molar-refractivity contribution in [2.24, 2.45) is 0 Å². The molecule has 0 aliphatic heterocycles. The molecule has 0 spiro atoms. The monoisotopic (exact) mass is 432 g/mol. The van der Waals surface area contributed by atoms with E-state index in [1.54, 1.807) is 25.1 Å². The Morgan fingerprint density at radius 3 is 2.72 bits per heavy atom. The molecule has 1 atom stereocenters. The van der Waals surface area contributed by atoms with Crippen LogP contribution < -0.4 is 10.9 Å². The lowest BCUT2D eigenvalue weighted by Crippen LogP contribution is -2.31. The molecule has 2 aromatic heterocycles. The predicted octanol–water partition coefficient (Wildman–Crippen LogP) is 3.21. The molecule has 4 aromatic rings. The largest absolute Gasteiger partial charge is 0.328 e. The molecular weight excluding hydrogens is 404 g/mol. The highest BCUT2D eigenvalue weighted by Crippen LogP contribution is 2.22. The first-order valence-electron chi connectivity index (χ1n) is 10.7. The van der Waals surface area contributed by atoms with Crippen LogP contribution in [0.1, 0.15) is 25.2 Å². The lowest BCUT2D eigenvalue weighted by Gasteiger charge is -2.15. The van der Waals surface area contributed by atoms with Crippen molar-refractivity contribution in [1.82, 2.24) is 24.0 Å². The van der Waals surface area contributed by atoms with E-state index in [0.29, 0.717) is 16.6 Å². The van der Waals surface area contributed by atoms with Crippen LogP contribution >= 0.6 is 0 Å². The SMILES string of the molecule is Cc1nc2cc(NC(=O)[C@@H](C)n3cnc4ccccc4c3=O)ccc2n1CCCN(C)C. The third-order valence-electron chi connectivity index (χ3n) is 5.68. The zero-order chi connectivity index (χ0) is 22.8. The number of aromatic nitrogens is 4. The summed E-state index contributed by atoms with van der Waals surface area (Å²) in [6.07, 6.45) is 2.46. The van der Waals surface area contributed by atoms with Crippen LogP contribution in [0.2, 0.25) is 0 Å². The van der Waals surface area contributed by atoms with Gasteiger partial charge in [0.25, 0.3) is 5.56 Å². The number of anilines is 1. The average molecular weight is 433 g/mol. The van der Waals surface area contributed by atoms with Crippen LogP contribution in [0.25, 0.3) is 21.9 Å². The van der Waals surface area contributed by atoms with Crippen molar-refractivity contribution in [3.05, 3.63) is 65.0 Å². The number of rotatable bonds is 7. The van der Waals surface area contributed by atoms with E-state index in [9.17, 15) is 9.59 Å². The fourth-order valence-electron chi connectivity index (χ4n) is 3.89. The molecule has 0 radical (unpaired) electrons. The Bertz CT molecular complexity index is 1340. The highest BCUT2D eigenvalue weighted by atomic mass is 16.2. The van der Waals surface area contributed by atoms with E-state index in [-0.39, 0.29) is 11.5 Å². The Labute approximate surface area is 186 Å². The van der Waals surface area contributed by atoms with E-state index in [1.165, 1.54) is 10.9 Å². The number of aryl methyl sites for hydroxylation is 2. The van der Waals surface area contributed by atoms with Crippen molar-refractivity contribution in [3.8, 4) is 0 Å². The Morgan fingerprint density at radius 2 is 1.94 bits per heavy atom. The number of carbonyl (C=O) groups excluding carboxylic acids is 1. The van der Waals surface area contributed by atoms with Gasteiger partial charge in [0.15, 0.2) is 0 Å². The van der Waals surface area contributed by atoms with Crippen molar-refractivity contribution >= 4 is 33.5 Å². The summed E-state index contributed by atoms with van der Waals surface area (Å²) in [6.45, 7) is 5.58. The molecule has 32 heavy (non-hydrogen) atoms. The van der Waals surface area contributed by atoms with E-state index < -0.39 is 6.04 Å². The number of nitrogens with zero attached hydrogens (tertiary/aromatic N) is 5. The molecule has 8 heteroatoms. The third kappa shape index (κ3) is 4.27. The van der Waals surface area contributed by atoms with Gasteiger partial charge < -0.3 is 14.8 Å². The fourth-order valence-corrected chi connectivity index (χ4v) is 3.89. The minimum absolute atomic E-state index is 0.235. The first-order chi connectivity index (χ1) is 15.3. The molecule has 0 fully saturated rings. The number of para-hydroxylation sites is 1. The first kappa shape index (κ1) is 21.7. The molecule has 1 amide bonds. The maximum atomic E-state index is 12.9. The smallest absolute Gasteiger partial charge is 0.261 e. The molecule has 1 N–H and O–H groups in total. The van der Waals surface area contributed by atoms with Gasteiger partial charge in [0.05, 0.1) is 28.3 Å². The number of carbonyl (C=O) groups is 1. The van der Waals surface area contributed by atoms with Crippen molar-refractivity contribution in [2.75, 3.05) is 26.0 Å². The van der Waals surface area contributed by atoms with E-state index in [2.05, 4.69) is 38.8 Å². The minimum atomic E-state index is -0.708. The van der Waals surface area contributed by atoms with E-state index in [1.807, 2.05) is 31.2 Å². The first-order valence-corrected chi connectivity index (χ1v) is 10.7. The minimum Gasteiger partial charge on any atom is -0.328 e. The highest BCUT2D eigenvalue weighted by molar-refractivity contribution is 5.95. The number of imidazole rings is 1. The van der Waals surface area contributed by atoms with Gasteiger partial charge in [0, 0.05) is 12.2 Å². The van der Waals surface area contributed by atoms with Crippen LogP contribution in [0.3, 0.4) is 0 Å². The molecule has 0 saturated carbocycles. The summed E-state index contributed by atoms with van der Waals surface area (Å²) in [5.41, 5.74) is 2.91. The number of hydrogen-bond acceptors (Lipinski definition) is 5. The summed E-state index contributed by atoms with van der Waals surface area (Å²) in [5, 5.41) is 3.40. The molecule has 2 aromatic carbocycles. The van der Waals surface area contributed by atoms with E-state index in [0.717, 1.165) is 36.4 Å². The van der Waals surface area contributed by atoms with Gasteiger partial charge in [0.2, 0.25) is 5.91 Å². The zero-order valence-corrected chi connectivity index (χ0v) is 18.9. The maximum Gasteiger partial charge on any atom is 0.261 e. The van der Waals surface area contributed by atoms with E-state index >= 15 is 0 Å². The van der Waals surface area contributed by atoms with Crippen LogP contribution in [0, 0.1) is 6.92 Å². The molecule has 166 valence electrons. The fraction of sp³-hybridized carbons (Fsp3) is 0.333. The second-order valence-corrected chi connectivity index (χ2v) is 8.31. The van der Waals surface area contributed by atoms with Gasteiger partial charge in [-0.25, -0.2) is 9.97 Å². The van der Waals surface area contributed by atoms with Crippen molar-refractivity contribution in [2.45, 2.75) is 32.9 Å². The number of amides is 1. The zero-order valence-electron chi connectivity index (χ0n) is 18.9. The summed E-state index contributed by atoms with van der Waals surface area (Å²) in [6, 6.07) is 12.1. The summed E-state index contributed by atoms with van der Waals surface area (Å²) >= 11 is 0. The summed E-state index contributed by atoms with van der Waals surface area (Å²) in [7, 11) is 4.13. The van der Waals surface area contributed by atoms with Crippen molar-refractivity contribution < 1.29 is 4.79 Å². The molecule has 0 saturated heterocycles. The molecule has 0 aliphatic carbocycles. The Kier molecular flexibility index (Phi) is 6.05. The number of hydrogen-bond donors (Lipinski definition) is 1. The highest BCUT2D eigenvalue weighted by Gasteiger charge is 2.18. The lowest BCUT2D eigenvalue weighted by atomic mass is 10.2. The molecule has 2 heterocycles. The van der Waals surface area contributed by atoms with Gasteiger partial charge >= 0.3 is 0 Å². The van der Waals surface area contributed by atoms with Crippen LogP contribution in [0.5, 0.6) is 0 Å². The number of nitrogens with one attached hydrogen (secondary N) is 1. The van der Waals surface area contributed by atoms with Gasteiger partial charge in [-0.15, -0.1) is 0 Å². The van der Waals surface area contributed by atoms with Gasteiger partial charge in [-0.3, -0.25) is 14.2 Å². The van der Waals surface area contributed by atoms with Crippen LogP contribution in [-0.4, -0.2) is 50.5 Å². The third-order valence-corrected chi connectivity index (χ3v) is 5.68. The topological polar surface area (TPSA) is 85.0 Å². The predicted molar refractivity (Wildman–Crippen MR) is 127 cm³/mol. The summed E-state index contributed by atoms with van der Waals surface area (Å²) in [5.74, 6) is 0.662. The van der Waals surface area contributed by atoms with Crippen LogP contribution in [0.4, 0.5) is 5.69 Å². The summed E-state index contributed by atoms with van der Waals surface area (Å²) in [4.78, 5) is 36.8. The lowest BCUT2D eigenvalue weighted by molar-refractivity contribution is -0.118. The number of benzene rings is 2. The molecule has 8 nitrogen and oxygen atoms in total. The molecule has 0 unspecified atom stereocenters. The van der Waals surface area contributed by atoms with Gasteiger partial charge in [-0.2, -0.15) is 0 Å². The van der Waals surface area contributed by atoms with Crippen LogP contribution in [-0.2, 0) is 11.3 Å². The number of fused-ring (bicyclic) bond motifs is 2. The Balaban J connectivity index is 1.53. The average Bonchev–Trinajstić information content (AvgIpc) is 3.08. The standard InChI is InChI=1S/C24H28N6O2/c1-16(30-15-25-20-9-6-5-8-19(20)24(30)32)23(31)27-18-10-11-22-21(14-18)26-17(2)29(22)13-7-12-28(3)4/h5-6,8-11,14-16H,7,12-13H2,1-4H3,(H,27,31)/t16-/m1/s1. The Hall–Kier alpha value is -3.52. The second-order valence-electron chi connectivity index (χ2n) is 8.31. The van der Waals surface area contributed by atoms with Crippen molar-refractivity contribution in [1.29, 1.82) is 0 Å². The van der Waals surface area contributed by atoms with Crippen molar-refractivity contribution in [3.63, 3.8) is 0 Å². The summed E-state index contributed by atoms with van der Waals surface area (Å²) < 4.78 is 3.56. The Morgan fingerprint density at radius 1 is 1.16 bits per heavy atom. The second kappa shape index (κ2) is 8.92. The van der Waals surface area contributed by atoms with Crippen LogP contribution in [0.15, 0.2) is 53.6 Å².